The second kappa shape index (κ2) is 62.1. The highest BCUT2D eigenvalue weighted by Gasteiger charge is 2.19. The third-order valence-corrected chi connectivity index (χ3v) is 12.6. The van der Waals surface area contributed by atoms with Crippen LogP contribution in [0.15, 0.2) is 134 Å². The molecule has 6 heteroatoms. The van der Waals surface area contributed by atoms with Crippen LogP contribution in [0.1, 0.15) is 265 Å². The Kier molecular flexibility index (Phi) is 58.4. The molecule has 1 atom stereocenters. The first-order valence-electron chi connectivity index (χ1n) is 30.7. The average molecular weight is 1040 g/mol. The number of unbranched alkanes of at least 4 members (excludes halogenated alkanes) is 21. The van der Waals surface area contributed by atoms with Crippen LogP contribution < -0.4 is 0 Å². The fraction of sp³-hybridized carbons (Fsp3) is 0.638. The molecule has 0 aromatic heterocycles. The highest BCUT2D eigenvalue weighted by atomic mass is 16.6. The van der Waals surface area contributed by atoms with Gasteiger partial charge in [-0.2, -0.15) is 0 Å². The summed E-state index contributed by atoms with van der Waals surface area (Å²) in [6.07, 6.45) is 87.5. The van der Waals surface area contributed by atoms with Crippen LogP contribution in [0.4, 0.5) is 0 Å². The molecule has 75 heavy (non-hydrogen) atoms. The number of hydrogen-bond donors (Lipinski definition) is 0. The first kappa shape index (κ1) is 70.5. The molecule has 1 unspecified atom stereocenters. The molecule has 0 aromatic rings. The van der Waals surface area contributed by atoms with E-state index in [1.165, 1.54) is 77.0 Å². The predicted molar refractivity (Wildman–Crippen MR) is 325 cm³/mol. The fourth-order valence-electron chi connectivity index (χ4n) is 8.09. The fourth-order valence-corrected chi connectivity index (χ4v) is 8.09. The van der Waals surface area contributed by atoms with Gasteiger partial charge in [0.25, 0.3) is 0 Å². The third-order valence-electron chi connectivity index (χ3n) is 12.6. The van der Waals surface area contributed by atoms with Gasteiger partial charge in [0.1, 0.15) is 13.2 Å². The topological polar surface area (TPSA) is 78.9 Å². The van der Waals surface area contributed by atoms with Gasteiger partial charge in [0.15, 0.2) is 6.10 Å². The van der Waals surface area contributed by atoms with E-state index in [-0.39, 0.29) is 37.5 Å². The summed E-state index contributed by atoms with van der Waals surface area (Å²) in [5.74, 6) is -0.962. The van der Waals surface area contributed by atoms with Crippen LogP contribution >= 0.6 is 0 Å². The number of allylic oxidation sites excluding steroid dienone is 22. The van der Waals surface area contributed by atoms with Crippen molar-refractivity contribution in [3.8, 4) is 0 Å². The van der Waals surface area contributed by atoms with Gasteiger partial charge in [0.05, 0.1) is 0 Å². The monoisotopic (exact) mass is 1040 g/mol. The summed E-state index contributed by atoms with van der Waals surface area (Å²) >= 11 is 0. The number of carbonyl (C=O) groups excluding carboxylic acids is 3. The molecule has 0 fully saturated rings. The molecule has 6 nitrogen and oxygen atoms in total. The molecule has 0 heterocycles. The molecule has 0 rings (SSSR count). The lowest BCUT2D eigenvalue weighted by Crippen LogP contribution is -2.30. The van der Waals surface area contributed by atoms with Crippen molar-refractivity contribution < 1.29 is 28.6 Å². The van der Waals surface area contributed by atoms with Gasteiger partial charge in [-0.25, -0.2) is 0 Å². The minimum Gasteiger partial charge on any atom is -0.462 e. The van der Waals surface area contributed by atoms with E-state index in [1.54, 1.807) is 0 Å². The van der Waals surface area contributed by atoms with E-state index < -0.39 is 6.10 Å². The Morgan fingerprint density at radius 2 is 0.520 bits per heavy atom. The van der Waals surface area contributed by atoms with E-state index in [1.807, 2.05) is 0 Å². The standard InChI is InChI=1S/C69H112O6/c1-4-7-10-13-16-19-22-25-27-28-29-30-31-32-33-34-35-36-37-38-39-40-42-44-47-50-53-56-59-62-68(71)74-65-66(64-73-67(70)61-58-55-52-49-46-43-24-21-18-15-12-9-6-3)75-69(72)63-60-57-54-51-48-45-41-26-23-20-17-14-11-8-5-2/h7-8,10-12,15-17,19-21,24-27,29-30,32-33,41,48,51,66H,4-6,9,13-14,18,22-23,28,31,34-40,42-47,49-50,52-65H2,1-3H3/b10-7-,11-8-,15-12-,19-16-,20-17-,24-21-,27-25-,30-29-,33-32-,41-26-,51-48-. The zero-order valence-corrected chi connectivity index (χ0v) is 48.5. The second-order valence-electron chi connectivity index (χ2n) is 19.8. The molecule has 0 saturated carbocycles. The number of carbonyl (C=O) groups is 3. The van der Waals surface area contributed by atoms with E-state index in [2.05, 4.69) is 154 Å². The average Bonchev–Trinajstić information content (AvgIpc) is 3.41. The summed E-state index contributed by atoms with van der Waals surface area (Å²) in [6, 6.07) is 0. The lowest BCUT2D eigenvalue weighted by molar-refractivity contribution is -0.167. The molecule has 424 valence electrons. The zero-order chi connectivity index (χ0) is 54.3. The molecule has 0 aromatic carbocycles. The largest absolute Gasteiger partial charge is 0.462 e. The van der Waals surface area contributed by atoms with Crippen LogP contribution in [-0.4, -0.2) is 37.2 Å². The van der Waals surface area contributed by atoms with E-state index in [0.717, 1.165) is 141 Å². The number of esters is 3. The summed E-state index contributed by atoms with van der Waals surface area (Å²) in [5, 5.41) is 0. The Morgan fingerprint density at radius 1 is 0.280 bits per heavy atom. The van der Waals surface area contributed by atoms with Crippen molar-refractivity contribution in [2.75, 3.05) is 13.2 Å². The number of rotatable bonds is 54. The molecule has 0 N–H and O–H groups in total. The first-order chi connectivity index (χ1) is 37.0. The molecule has 0 spiro atoms. The highest BCUT2D eigenvalue weighted by molar-refractivity contribution is 5.71. The Bertz CT molecular complexity index is 1620. The SMILES string of the molecule is CC/C=C\C/C=C\C/C=C\C/C=C\C/C=C\CCCCCCCCCCCCCCCC(=O)OCC(COC(=O)CCCCCCC/C=C\C/C=C\CCC)OC(=O)CCCC/C=C\C/C=C\C/C=C\C/C=C\CC. The minimum atomic E-state index is -0.810. The molecular formula is C69H112O6. The van der Waals surface area contributed by atoms with Crippen LogP contribution in [0.3, 0.4) is 0 Å². The van der Waals surface area contributed by atoms with Crippen molar-refractivity contribution in [3.05, 3.63) is 134 Å². The van der Waals surface area contributed by atoms with Gasteiger partial charge < -0.3 is 14.2 Å². The third kappa shape index (κ3) is 60.3. The number of ether oxygens (including phenoxy) is 3. The van der Waals surface area contributed by atoms with E-state index in [9.17, 15) is 14.4 Å². The van der Waals surface area contributed by atoms with Gasteiger partial charge in [0.2, 0.25) is 0 Å². The predicted octanol–water partition coefficient (Wildman–Crippen LogP) is 21.0. The Balaban J connectivity index is 4.30. The van der Waals surface area contributed by atoms with E-state index >= 15 is 0 Å². The van der Waals surface area contributed by atoms with Crippen molar-refractivity contribution >= 4 is 17.9 Å². The molecule has 0 bridgehead atoms. The van der Waals surface area contributed by atoms with Gasteiger partial charge in [-0.15, -0.1) is 0 Å². The number of hydrogen-bond acceptors (Lipinski definition) is 6. The summed E-state index contributed by atoms with van der Waals surface area (Å²) in [6.45, 7) is 6.30. The van der Waals surface area contributed by atoms with Crippen LogP contribution in [0.2, 0.25) is 0 Å². The normalized spacial score (nSPS) is 13.1. The van der Waals surface area contributed by atoms with Gasteiger partial charge in [-0.1, -0.05) is 251 Å². The van der Waals surface area contributed by atoms with Crippen LogP contribution in [-0.2, 0) is 28.6 Å². The summed E-state index contributed by atoms with van der Waals surface area (Å²) in [4.78, 5) is 38.2. The highest BCUT2D eigenvalue weighted by Crippen LogP contribution is 2.15. The second-order valence-corrected chi connectivity index (χ2v) is 19.8. The van der Waals surface area contributed by atoms with Gasteiger partial charge in [0, 0.05) is 19.3 Å². The van der Waals surface area contributed by atoms with Crippen molar-refractivity contribution in [2.45, 2.75) is 271 Å². The molecule has 0 aliphatic rings. The molecular weight excluding hydrogens is 925 g/mol. The molecule has 0 aliphatic heterocycles. The van der Waals surface area contributed by atoms with E-state index in [4.69, 9.17) is 14.2 Å². The van der Waals surface area contributed by atoms with Gasteiger partial charge >= 0.3 is 17.9 Å². The van der Waals surface area contributed by atoms with Crippen molar-refractivity contribution in [1.29, 1.82) is 0 Å². The van der Waals surface area contributed by atoms with Crippen LogP contribution in [0.25, 0.3) is 0 Å². The summed E-state index contributed by atoms with van der Waals surface area (Å²) < 4.78 is 16.8. The van der Waals surface area contributed by atoms with Crippen molar-refractivity contribution in [2.24, 2.45) is 0 Å². The van der Waals surface area contributed by atoms with Crippen molar-refractivity contribution in [3.63, 3.8) is 0 Å². The maximum atomic E-state index is 12.8. The maximum Gasteiger partial charge on any atom is 0.306 e. The van der Waals surface area contributed by atoms with Gasteiger partial charge in [-0.05, 0) is 128 Å². The summed E-state index contributed by atoms with van der Waals surface area (Å²) in [5.41, 5.74) is 0. The smallest absolute Gasteiger partial charge is 0.306 e. The zero-order valence-electron chi connectivity index (χ0n) is 48.5. The molecule has 0 radical (unpaired) electrons. The summed E-state index contributed by atoms with van der Waals surface area (Å²) in [7, 11) is 0. The Labute approximate surface area is 462 Å². The quantitative estimate of drug-likeness (QED) is 0.0261. The van der Waals surface area contributed by atoms with Crippen LogP contribution in [0, 0.1) is 0 Å². The lowest BCUT2D eigenvalue weighted by Gasteiger charge is -2.18. The maximum absolute atomic E-state index is 12.8. The minimum absolute atomic E-state index is 0.103. The first-order valence-corrected chi connectivity index (χ1v) is 30.7. The van der Waals surface area contributed by atoms with Gasteiger partial charge in [-0.3, -0.25) is 14.4 Å². The van der Waals surface area contributed by atoms with E-state index in [0.29, 0.717) is 19.3 Å². The molecule has 0 saturated heterocycles. The van der Waals surface area contributed by atoms with Crippen LogP contribution in [0.5, 0.6) is 0 Å². The lowest BCUT2D eigenvalue weighted by atomic mass is 10.0. The Hall–Kier alpha value is -4.45. The molecule has 0 amide bonds. The van der Waals surface area contributed by atoms with Crippen molar-refractivity contribution in [1.82, 2.24) is 0 Å². The Morgan fingerprint density at radius 3 is 0.840 bits per heavy atom. The molecule has 0 aliphatic carbocycles.